The summed E-state index contributed by atoms with van der Waals surface area (Å²) in [5, 5.41) is 3.72. The van der Waals surface area contributed by atoms with E-state index < -0.39 is 0 Å². The number of benzene rings is 6. The number of allylic oxidation sites excluding steroid dienone is 6. The number of para-hydroxylation sites is 1. The Balaban J connectivity index is 0.000000552. The van der Waals surface area contributed by atoms with Gasteiger partial charge in [0.05, 0.1) is 0 Å². The molecular formula is C52H51NS. The maximum atomic E-state index is 4.43. The summed E-state index contributed by atoms with van der Waals surface area (Å²) in [7, 11) is 0. The lowest BCUT2D eigenvalue weighted by Crippen LogP contribution is -2.08. The molecule has 0 heterocycles. The lowest BCUT2D eigenvalue weighted by Gasteiger charge is -2.20. The fourth-order valence-corrected chi connectivity index (χ4v) is 7.57. The van der Waals surface area contributed by atoms with E-state index in [2.05, 4.69) is 204 Å². The van der Waals surface area contributed by atoms with Crippen molar-refractivity contribution in [2.24, 2.45) is 0 Å². The molecule has 6 aromatic rings. The molecule has 1 aliphatic carbocycles. The molecule has 0 radical (unpaired) electrons. The molecule has 0 spiro atoms. The van der Waals surface area contributed by atoms with Gasteiger partial charge >= 0.3 is 0 Å². The second-order valence-corrected chi connectivity index (χ2v) is 15.2. The van der Waals surface area contributed by atoms with Crippen LogP contribution in [0, 0.1) is 27.7 Å². The first-order valence-corrected chi connectivity index (χ1v) is 19.7. The molecule has 0 aliphatic heterocycles. The summed E-state index contributed by atoms with van der Waals surface area (Å²) >= 11 is 1.85. The van der Waals surface area contributed by atoms with Crippen LogP contribution in [0.15, 0.2) is 192 Å². The van der Waals surface area contributed by atoms with Crippen LogP contribution in [-0.4, -0.2) is 0 Å². The molecule has 1 nitrogen and oxygen atoms in total. The van der Waals surface area contributed by atoms with Gasteiger partial charge in [-0.1, -0.05) is 164 Å². The normalized spacial score (nSPS) is 12.1. The van der Waals surface area contributed by atoms with Gasteiger partial charge in [-0.2, -0.15) is 0 Å². The van der Waals surface area contributed by atoms with Gasteiger partial charge in [-0.05, 0) is 138 Å². The van der Waals surface area contributed by atoms with Crippen LogP contribution in [0.25, 0.3) is 11.1 Å². The number of nitrogens with one attached hydrogen (secondary N) is 1. The van der Waals surface area contributed by atoms with Gasteiger partial charge in [0.15, 0.2) is 0 Å². The van der Waals surface area contributed by atoms with Crippen LogP contribution in [0.1, 0.15) is 62.9 Å². The van der Waals surface area contributed by atoms with Crippen LogP contribution in [0.3, 0.4) is 0 Å². The first-order valence-electron chi connectivity index (χ1n) is 18.9. The topological polar surface area (TPSA) is 12.0 Å². The molecular weight excluding hydrogens is 671 g/mol. The van der Waals surface area contributed by atoms with Crippen molar-refractivity contribution in [2.45, 2.75) is 63.2 Å². The van der Waals surface area contributed by atoms with E-state index in [0.29, 0.717) is 0 Å². The second kappa shape index (κ2) is 18.5. The smallest absolute Gasteiger partial charge is 0.0411 e. The zero-order chi connectivity index (χ0) is 37.9. The van der Waals surface area contributed by atoms with Gasteiger partial charge in [0.1, 0.15) is 0 Å². The predicted molar refractivity (Wildman–Crippen MR) is 235 cm³/mol. The minimum atomic E-state index is 0.887. The van der Waals surface area contributed by atoms with Crippen molar-refractivity contribution in [2.75, 3.05) is 5.32 Å². The van der Waals surface area contributed by atoms with Gasteiger partial charge in [-0.15, -0.1) is 0 Å². The number of hydrogen-bond acceptors (Lipinski definition) is 2. The van der Waals surface area contributed by atoms with Gasteiger partial charge < -0.3 is 5.32 Å². The van der Waals surface area contributed by atoms with Crippen molar-refractivity contribution in [3.63, 3.8) is 0 Å². The fourth-order valence-electron chi connectivity index (χ4n) is 6.54. The van der Waals surface area contributed by atoms with E-state index >= 15 is 0 Å². The van der Waals surface area contributed by atoms with Crippen LogP contribution >= 0.6 is 11.8 Å². The minimum Gasteiger partial charge on any atom is -0.358 e. The summed E-state index contributed by atoms with van der Waals surface area (Å²) in [6.45, 7) is 17.4. The summed E-state index contributed by atoms with van der Waals surface area (Å²) in [5.41, 5.74) is 17.2. The average Bonchev–Trinajstić information content (AvgIpc) is 3.19. The van der Waals surface area contributed by atoms with E-state index in [0.717, 1.165) is 48.0 Å². The van der Waals surface area contributed by atoms with Crippen molar-refractivity contribution in [1.82, 2.24) is 0 Å². The van der Waals surface area contributed by atoms with Gasteiger partial charge in [-0.25, -0.2) is 0 Å². The summed E-state index contributed by atoms with van der Waals surface area (Å²) in [6, 6.07) is 51.8. The fraction of sp³-hybridized carbons (Fsp3) is 0.154. The lowest BCUT2D eigenvalue weighted by atomic mass is 9.92. The maximum absolute atomic E-state index is 4.43. The molecule has 0 unspecified atom stereocenters. The Bertz CT molecular complexity index is 2260. The molecule has 0 saturated heterocycles. The molecule has 7 rings (SSSR count). The second-order valence-electron chi connectivity index (χ2n) is 14.1. The monoisotopic (exact) mass is 721 g/mol. The Morgan fingerprint density at radius 1 is 0.537 bits per heavy atom. The standard InChI is InChI=1S/C44H41NS.C8H10/c1-31-13-5-9-17-41(31)45-42-18-10-7-15-39(42)29-35-21-25-37(26-22-35)33(3)34(4)38-27-23-36(24-28-38)30-40-16-8-12-20-44(40)46-43-19-11-6-14-32(43)2;1-7-5-3-4-6-8(7)2/h5-9,11-17,19-28,45H,3-4,10,18,29-30H2,1-2H3;3-6H,1-2H3. The molecule has 54 heavy (non-hydrogen) atoms. The van der Waals surface area contributed by atoms with Crippen molar-refractivity contribution in [3.8, 4) is 0 Å². The van der Waals surface area contributed by atoms with Crippen molar-refractivity contribution in [3.05, 3.63) is 232 Å². The molecule has 270 valence electrons. The van der Waals surface area contributed by atoms with Gasteiger partial charge in [-0.3, -0.25) is 0 Å². The largest absolute Gasteiger partial charge is 0.358 e. The Morgan fingerprint density at radius 3 is 1.61 bits per heavy atom. The molecule has 2 heteroatoms. The Kier molecular flexibility index (Phi) is 13.0. The van der Waals surface area contributed by atoms with Crippen molar-refractivity contribution >= 4 is 28.6 Å². The number of rotatable bonds is 11. The van der Waals surface area contributed by atoms with E-state index in [1.54, 1.807) is 0 Å². The zero-order valence-corrected chi connectivity index (χ0v) is 33.0. The van der Waals surface area contributed by atoms with E-state index in [1.165, 1.54) is 65.7 Å². The number of anilines is 1. The van der Waals surface area contributed by atoms with Crippen molar-refractivity contribution in [1.29, 1.82) is 0 Å². The molecule has 1 N–H and O–H groups in total. The Labute approximate surface area is 327 Å². The first kappa shape index (κ1) is 38.2. The maximum Gasteiger partial charge on any atom is 0.0411 e. The highest BCUT2D eigenvalue weighted by Gasteiger charge is 2.13. The molecule has 0 atom stereocenters. The van der Waals surface area contributed by atoms with Gasteiger partial charge in [0, 0.05) is 21.2 Å². The molecule has 6 aromatic carbocycles. The summed E-state index contributed by atoms with van der Waals surface area (Å²) in [6.07, 6.45) is 8.45. The SMILES string of the molecule is C=C(C(=C)c1ccc(Cc2ccccc2Sc2ccccc2C)cc1)c1ccc(CC2=C(Nc3ccccc3C)CCC=C2)cc1.Cc1ccccc1C. The molecule has 0 amide bonds. The first-order chi connectivity index (χ1) is 26.2. The molecule has 0 saturated carbocycles. The van der Waals surface area contributed by atoms with Crippen LogP contribution in [-0.2, 0) is 12.8 Å². The Morgan fingerprint density at radius 2 is 1.04 bits per heavy atom. The van der Waals surface area contributed by atoms with E-state index in [1.807, 2.05) is 11.8 Å². The van der Waals surface area contributed by atoms with Crippen LogP contribution in [0.2, 0.25) is 0 Å². The average molecular weight is 722 g/mol. The summed E-state index contributed by atoms with van der Waals surface area (Å²) in [5.74, 6) is 0. The van der Waals surface area contributed by atoms with Gasteiger partial charge in [0.25, 0.3) is 0 Å². The summed E-state index contributed by atoms with van der Waals surface area (Å²) < 4.78 is 0. The lowest BCUT2D eigenvalue weighted by molar-refractivity contribution is 0.925. The third-order valence-corrected chi connectivity index (χ3v) is 11.5. The number of hydrogen-bond donors (Lipinski definition) is 1. The highest BCUT2D eigenvalue weighted by Crippen LogP contribution is 2.34. The van der Waals surface area contributed by atoms with E-state index in [-0.39, 0.29) is 0 Å². The third kappa shape index (κ3) is 10.1. The quantitative estimate of drug-likeness (QED) is 0.134. The molecule has 1 aliphatic rings. The van der Waals surface area contributed by atoms with E-state index in [4.69, 9.17) is 0 Å². The Hall–Kier alpha value is -5.57. The summed E-state index contributed by atoms with van der Waals surface area (Å²) in [4.78, 5) is 2.60. The highest BCUT2D eigenvalue weighted by atomic mass is 32.2. The molecule has 0 fully saturated rings. The predicted octanol–water partition coefficient (Wildman–Crippen LogP) is 14.3. The number of aryl methyl sites for hydroxylation is 4. The highest BCUT2D eigenvalue weighted by molar-refractivity contribution is 7.99. The molecule has 0 aromatic heterocycles. The van der Waals surface area contributed by atoms with Crippen LogP contribution in [0.4, 0.5) is 5.69 Å². The van der Waals surface area contributed by atoms with Crippen molar-refractivity contribution < 1.29 is 0 Å². The third-order valence-electron chi connectivity index (χ3n) is 10.2. The van der Waals surface area contributed by atoms with E-state index in [9.17, 15) is 0 Å². The van der Waals surface area contributed by atoms with Gasteiger partial charge in [0.2, 0.25) is 0 Å². The van der Waals surface area contributed by atoms with Crippen LogP contribution < -0.4 is 5.32 Å². The zero-order valence-electron chi connectivity index (χ0n) is 32.2. The van der Waals surface area contributed by atoms with Crippen LogP contribution in [0.5, 0.6) is 0 Å². The minimum absolute atomic E-state index is 0.887. The molecule has 0 bridgehead atoms.